The highest BCUT2D eigenvalue weighted by molar-refractivity contribution is 8.38. The molecule has 0 saturated heterocycles. The second kappa shape index (κ2) is 9.80. The molecule has 7 heteroatoms. The van der Waals surface area contributed by atoms with Gasteiger partial charge in [0, 0.05) is 17.2 Å². The highest BCUT2D eigenvalue weighted by Crippen LogP contribution is 2.26. The van der Waals surface area contributed by atoms with Gasteiger partial charge in [0.05, 0.1) is 12.1 Å². The van der Waals surface area contributed by atoms with Gasteiger partial charge in [0.1, 0.15) is 4.38 Å². The summed E-state index contributed by atoms with van der Waals surface area (Å²) >= 11 is 3.36. The van der Waals surface area contributed by atoms with Crippen LogP contribution in [0.1, 0.15) is 28.4 Å². The van der Waals surface area contributed by atoms with Crippen molar-refractivity contribution < 1.29 is 14.3 Å². The Morgan fingerprint density at radius 3 is 2.82 bits per heavy atom. The predicted octanol–water partition coefficient (Wildman–Crippen LogP) is 4.52. The van der Waals surface area contributed by atoms with Gasteiger partial charge in [-0.15, -0.1) is 0 Å². The molecule has 5 nitrogen and oxygen atoms in total. The second-order valence-electron chi connectivity index (χ2n) is 6.35. The topological polar surface area (TPSA) is 67.8 Å². The number of nitrogens with zero attached hydrogens (tertiary/aromatic N) is 1. The molecule has 1 aliphatic rings. The van der Waals surface area contributed by atoms with Crippen LogP contribution >= 0.6 is 23.5 Å². The summed E-state index contributed by atoms with van der Waals surface area (Å²) in [6, 6.07) is 14.8. The van der Waals surface area contributed by atoms with Crippen molar-refractivity contribution in [3.8, 4) is 0 Å². The Balaban J connectivity index is 1.61. The maximum absolute atomic E-state index is 12.6. The summed E-state index contributed by atoms with van der Waals surface area (Å²) in [5.74, 6) is 0.798. The molecule has 0 unspecified atom stereocenters. The molecule has 28 heavy (non-hydrogen) atoms. The third kappa shape index (κ3) is 5.62. The summed E-state index contributed by atoms with van der Waals surface area (Å²) in [7, 11) is 0. The number of hydrogen-bond donors (Lipinski definition) is 1. The zero-order valence-corrected chi connectivity index (χ0v) is 17.4. The first-order valence-electron chi connectivity index (χ1n) is 8.99. The summed E-state index contributed by atoms with van der Waals surface area (Å²) in [5, 5.41) is 2.78. The number of aliphatic imine (C=N–C) groups is 1. The molecule has 3 rings (SSSR count). The fourth-order valence-corrected chi connectivity index (χ4v) is 4.65. The van der Waals surface area contributed by atoms with Crippen LogP contribution in [-0.4, -0.2) is 34.7 Å². The molecule has 0 radical (unpaired) electrons. The van der Waals surface area contributed by atoms with E-state index in [1.807, 2.05) is 37.3 Å². The molecule has 0 aromatic heterocycles. The van der Waals surface area contributed by atoms with E-state index in [-0.39, 0.29) is 5.91 Å². The van der Waals surface area contributed by atoms with Crippen molar-refractivity contribution in [1.82, 2.24) is 0 Å². The fourth-order valence-electron chi connectivity index (χ4n) is 2.63. The van der Waals surface area contributed by atoms with Crippen molar-refractivity contribution in [2.45, 2.75) is 25.7 Å². The van der Waals surface area contributed by atoms with Crippen molar-refractivity contribution in [3.63, 3.8) is 0 Å². The number of carbonyl (C=O) groups is 2. The van der Waals surface area contributed by atoms with Crippen LogP contribution in [0.5, 0.6) is 0 Å². The van der Waals surface area contributed by atoms with Gasteiger partial charge >= 0.3 is 5.97 Å². The van der Waals surface area contributed by atoms with Gasteiger partial charge in [-0.25, -0.2) is 4.79 Å². The van der Waals surface area contributed by atoms with Crippen molar-refractivity contribution in [1.29, 1.82) is 0 Å². The van der Waals surface area contributed by atoms with Crippen LogP contribution in [0.25, 0.3) is 0 Å². The SMILES string of the molecule is Cc1cccc(NC(=O)[C@H](C)OC(=O)c2ccccc2CSC2=NCCS2)c1. The number of nitrogens with one attached hydrogen (secondary N) is 1. The van der Waals surface area contributed by atoms with Gasteiger partial charge in [0.25, 0.3) is 5.91 Å². The van der Waals surface area contributed by atoms with Crippen LogP contribution in [0.4, 0.5) is 5.69 Å². The first kappa shape index (κ1) is 20.5. The summed E-state index contributed by atoms with van der Waals surface area (Å²) < 4.78 is 6.47. The van der Waals surface area contributed by atoms with Crippen LogP contribution < -0.4 is 5.32 Å². The molecule has 1 N–H and O–H groups in total. The molecule has 0 spiro atoms. The van der Waals surface area contributed by atoms with Gasteiger partial charge in [-0.2, -0.15) is 0 Å². The van der Waals surface area contributed by atoms with Crippen LogP contribution in [0.15, 0.2) is 53.5 Å². The monoisotopic (exact) mass is 414 g/mol. The minimum atomic E-state index is -0.900. The van der Waals surface area contributed by atoms with E-state index in [0.717, 1.165) is 27.8 Å². The predicted molar refractivity (Wildman–Crippen MR) is 117 cm³/mol. The van der Waals surface area contributed by atoms with Crippen molar-refractivity contribution in [2.75, 3.05) is 17.6 Å². The zero-order valence-electron chi connectivity index (χ0n) is 15.8. The number of thioether (sulfide) groups is 2. The molecule has 2 aromatic rings. The highest BCUT2D eigenvalue weighted by Gasteiger charge is 2.21. The molecule has 1 heterocycles. The molecule has 0 bridgehead atoms. The fraction of sp³-hybridized carbons (Fsp3) is 0.286. The Hall–Kier alpha value is -2.25. The first-order chi connectivity index (χ1) is 13.5. The lowest BCUT2D eigenvalue weighted by Gasteiger charge is -2.15. The molecule has 1 atom stereocenters. The number of benzene rings is 2. The number of hydrogen-bond acceptors (Lipinski definition) is 6. The minimum Gasteiger partial charge on any atom is -0.449 e. The van der Waals surface area contributed by atoms with Gasteiger partial charge in [0.2, 0.25) is 0 Å². The molecule has 0 saturated carbocycles. The van der Waals surface area contributed by atoms with E-state index in [1.54, 1.807) is 48.6 Å². The van der Waals surface area contributed by atoms with E-state index in [4.69, 9.17) is 4.74 Å². The summed E-state index contributed by atoms with van der Waals surface area (Å²) in [6.07, 6.45) is -0.900. The Bertz CT molecular complexity index is 899. The van der Waals surface area contributed by atoms with Gasteiger partial charge in [-0.3, -0.25) is 9.79 Å². The van der Waals surface area contributed by atoms with Crippen molar-refractivity contribution in [3.05, 3.63) is 65.2 Å². The Morgan fingerprint density at radius 2 is 2.07 bits per heavy atom. The van der Waals surface area contributed by atoms with E-state index in [1.165, 1.54) is 0 Å². The van der Waals surface area contributed by atoms with Crippen molar-refractivity contribution >= 4 is 45.5 Å². The van der Waals surface area contributed by atoms with Gasteiger partial charge < -0.3 is 10.1 Å². The number of rotatable bonds is 6. The Morgan fingerprint density at radius 1 is 1.25 bits per heavy atom. The average Bonchev–Trinajstić information content (AvgIpc) is 3.20. The maximum Gasteiger partial charge on any atom is 0.339 e. The van der Waals surface area contributed by atoms with Crippen LogP contribution in [0.3, 0.4) is 0 Å². The summed E-state index contributed by atoms with van der Waals surface area (Å²) in [6.45, 7) is 4.37. The van der Waals surface area contributed by atoms with Crippen LogP contribution in [0, 0.1) is 6.92 Å². The second-order valence-corrected chi connectivity index (χ2v) is 8.65. The molecular weight excluding hydrogens is 392 g/mol. The minimum absolute atomic E-state index is 0.359. The van der Waals surface area contributed by atoms with E-state index in [0.29, 0.717) is 17.0 Å². The van der Waals surface area contributed by atoms with Crippen LogP contribution in [0.2, 0.25) is 0 Å². The standard InChI is InChI=1S/C21H22N2O3S2/c1-14-6-5-8-17(12-14)23-19(24)15(2)26-20(25)18-9-4-3-7-16(18)13-28-21-22-10-11-27-21/h3-9,12,15H,10-11,13H2,1-2H3,(H,23,24)/t15-/m0/s1. The molecular formula is C21H22N2O3S2. The Labute approximate surface area is 173 Å². The molecule has 0 aliphatic carbocycles. The summed E-state index contributed by atoms with van der Waals surface area (Å²) in [5.41, 5.74) is 3.08. The summed E-state index contributed by atoms with van der Waals surface area (Å²) in [4.78, 5) is 29.4. The maximum atomic E-state index is 12.6. The lowest BCUT2D eigenvalue weighted by molar-refractivity contribution is -0.123. The van der Waals surface area contributed by atoms with Gasteiger partial charge in [0.15, 0.2) is 6.10 Å². The van der Waals surface area contributed by atoms with Gasteiger partial charge in [-0.1, -0.05) is 53.9 Å². The number of carbonyl (C=O) groups excluding carboxylic acids is 2. The third-order valence-electron chi connectivity index (χ3n) is 4.08. The first-order valence-corrected chi connectivity index (χ1v) is 11.0. The number of esters is 1. The lowest BCUT2D eigenvalue weighted by atomic mass is 10.1. The molecule has 146 valence electrons. The third-order valence-corrected chi connectivity index (χ3v) is 6.39. The van der Waals surface area contributed by atoms with E-state index in [2.05, 4.69) is 10.3 Å². The number of ether oxygens (including phenoxy) is 1. The van der Waals surface area contributed by atoms with Gasteiger partial charge in [-0.05, 0) is 43.2 Å². The Kier molecular flexibility index (Phi) is 7.17. The van der Waals surface area contributed by atoms with Crippen molar-refractivity contribution in [2.24, 2.45) is 4.99 Å². The smallest absolute Gasteiger partial charge is 0.339 e. The molecule has 1 amide bonds. The molecule has 0 fully saturated rings. The highest BCUT2D eigenvalue weighted by atomic mass is 32.2. The van der Waals surface area contributed by atoms with E-state index >= 15 is 0 Å². The average molecular weight is 415 g/mol. The number of amides is 1. The largest absolute Gasteiger partial charge is 0.449 e. The van der Waals surface area contributed by atoms with E-state index in [9.17, 15) is 9.59 Å². The number of anilines is 1. The molecule has 1 aliphatic heterocycles. The lowest BCUT2D eigenvalue weighted by Crippen LogP contribution is -2.30. The quantitative estimate of drug-likeness (QED) is 0.704. The van der Waals surface area contributed by atoms with Crippen LogP contribution in [-0.2, 0) is 15.3 Å². The normalized spacial score (nSPS) is 14.3. The zero-order chi connectivity index (χ0) is 19.9. The van der Waals surface area contributed by atoms with E-state index < -0.39 is 12.1 Å². The number of aryl methyl sites for hydroxylation is 1. The molecule has 2 aromatic carbocycles.